The maximum atomic E-state index is 12.2. The van der Waals surface area contributed by atoms with Crippen molar-refractivity contribution in [2.75, 3.05) is 18.1 Å². The molecule has 5 nitrogen and oxygen atoms in total. The van der Waals surface area contributed by atoms with E-state index in [1.54, 1.807) is 12.4 Å². The monoisotopic (exact) mass is 400 g/mol. The van der Waals surface area contributed by atoms with E-state index in [0.717, 1.165) is 37.3 Å². The summed E-state index contributed by atoms with van der Waals surface area (Å²) < 4.78 is 11.4. The summed E-state index contributed by atoms with van der Waals surface area (Å²) in [6.45, 7) is 7.56. The molecule has 0 spiro atoms. The van der Waals surface area contributed by atoms with Gasteiger partial charge in [0.15, 0.2) is 0 Å². The second-order valence-electron chi connectivity index (χ2n) is 7.66. The summed E-state index contributed by atoms with van der Waals surface area (Å²) >= 11 is 0. The molecule has 0 bridgehead atoms. The van der Waals surface area contributed by atoms with Gasteiger partial charge in [-0.1, -0.05) is 65.4 Å². The smallest absolute Gasteiger partial charge is 0.315 e. The van der Waals surface area contributed by atoms with Gasteiger partial charge < -0.3 is 14.4 Å². The maximum Gasteiger partial charge on any atom is 0.315 e. The fourth-order valence-electron chi connectivity index (χ4n) is 3.25. The third kappa shape index (κ3) is 8.30. The van der Waals surface area contributed by atoms with Crippen molar-refractivity contribution in [2.45, 2.75) is 72.1 Å². The number of unbranched alkanes of at least 4 members (excludes halogenated alkanes) is 5. The van der Waals surface area contributed by atoms with Crippen LogP contribution in [0.4, 0.5) is 5.69 Å². The molecule has 29 heavy (non-hydrogen) atoms. The van der Waals surface area contributed by atoms with Crippen LogP contribution in [-0.2, 0) is 9.53 Å². The van der Waals surface area contributed by atoms with Gasteiger partial charge in [0, 0.05) is 18.0 Å². The van der Waals surface area contributed by atoms with Gasteiger partial charge in [0.2, 0.25) is 5.88 Å². The summed E-state index contributed by atoms with van der Waals surface area (Å²) in [5.41, 5.74) is 0.992. The average Bonchev–Trinajstić information content (AvgIpc) is 2.73. The fourth-order valence-corrected chi connectivity index (χ4v) is 3.25. The van der Waals surface area contributed by atoms with Crippen molar-refractivity contribution in [1.82, 2.24) is 0 Å². The largest absolute Gasteiger partial charge is 0.494 e. The molecule has 2 rings (SSSR count). The van der Waals surface area contributed by atoms with Crippen LogP contribution in [0.5, 0.6) is 5.75 Å². The number of esters is 1. The first-order valence-electron chi connectivity index (χ1n) is 11.1. The van der Waals surface area contributed by atoms with Crippen LogP contribution in [0.3, 0.4) is 0 Å². The molecule has 160 valence electrons. The lowest BCUT2D eigenvalue weighted by molar-refractivity contribution is -0.143. The Morgan fingerprint density at radius 1 is 1.14 bits per heavy atom. The lowest BCUT2D eigenvalue weighted by atomic mass is 10.1. The summed E-state index contributed by atoms with van der Waals surface area (Å²) in [4.78, 5) is 18.4. The zero-order valence-corrected chi connectivity index (χ0v) is 18.2. The van der Waals surface area contributed by atoms with E-state index in [1.807, 2.05) is 36.1 Å². The summed E-state index contributed by atoms with van der Waals surface area (Å²) in [6.07, 6.45) is 12.8. The number of carbonyl (C=O) groups is 1. The highest BCUT2D eigenvalue weighted by atomic mass is 16.5. The fraction of sp³-hybridized carbons (Fsp3) is 0.583. The van der Waals surface area contributed by atoms with Gasteiger partial charge in [-0.2, -0.15) is 0 Å². The van der Waals surface area contributed by atoms with Crippen molar-refractivity contribution >= 4 is 17.9 Å². The van der Waals surface area contributed by atoms with Crippen molar-refractivity contribution in [3.8, 4) is 5.75 Å². The highest BCUT2D eigenvalue weighted by molar-refractivity contribution is 5.75. The predicted octanol–water partition coefficient (Wildman–Crippen LogP) is 6.10. The van der Waals surface area contributed by atoms with E-state index in [4.69, 9.17) is 9.47 Å². The number of hydrogen-bond donors (Lipinski definition) is 0. The van der Waals surface area contributed by atoms with E-state index in [1.165, 1.54) is 32.1 Å². The van der Waals surface area contributed by atoms with Crippen molar-refractivity contribution in [3.63, 3.8) is 0 Å². The number of rotatable bonds is 13. The van der Waals surface area contributed by atoms with Gasteiger partial charge in [-0.05, 0) is 25.0 Å². The van der Waals surface area contributed by atoms with Crippen LogP contribution in [0.15, 0.2) is 41.3 Å². The molecule has 0 amide bonds. The van der Waals surface area contributed by atoms with Crippen molar-refractivity contribution in [2.24, 2.45) is 10.9 Å². The van der Waals surface area contributed by atoms with Gasteiger partial charge in [0.25, 0.3) is 0 Å². The molecule has 0 radical (unpaired) electrons. The summed E-state index contributed by atoms with van der Waals surface area (Å²) in [5.74, 6) is 0.850. The molecule has 1 aliphatic heterocycles. The van der Waals surface area contributed by atoms with E-state index >= 15 is 0 Å². The van der Waals surface area contributed by atoms with Gasteiger partial charge in [0.1, 0.15) is 5.75 Å². The predicted molar refractivity (Wildman–Crippen MR) is 119 cm³/mol. The van der Waals surface area contributed by atoms with Crippen LogP contribution in [0, 0.1) is 5.92 Å². The SMILES string of the molecule is CCCCCCCCOc1cccc(N2C=C(OC(=O)C(C)CCC)N=CC2)c1. The molecule has 0 N–H and O–H groups in total. The van der Waals surface area contributed by atoms with E-state index in [9.17, 15) is 4.79 Å². The molecule has 0 aliphatic carbocycles. The van der Waals surface area contributed by atoms with E-state index in [-0.39, 0.29) is 11.9 Å². The highest BCUT2D eigenvalue weighted by Crippen LogP contribution is 2.24. The maximum absolute atomic E-state index is 12.2. The molecular formula is C24H36N2O3. The van der Waals surface area contributed by atoms with Crippen LogP contribution in [0.1, 0.15) is 72.1 Å². The topological polar surface area (TPSA) is 51.1 Å². The van der Waals surface area contributed by atoms with Crippen molar-refractivity contribution in [1.29, 1.82) is 0 Å². The van der Waals surface area contributed by atoms with Gasteiger partial charge >= 0.3 is 5.97 Å². The highest BCUT2D eigenvalue weighted by Gasteiger charge is 2.18. The zero-order chi connectivity index (χ0) is 20.9. The molecule has 1 aromatic rings. The lowest BCUT2D eigenvalue weighted by Crippen LogP contribution is -2.24. The van der Waals surface area contributed by atoms with Gasteiger partial charge in [-0.15, -0.1) is 0 Å². The van der Waals surface area contributed by atoms with Crippen molar-refractivity contribution in [3.05, 3.63) is 36.3 Å². The van der Waals surface area contributed by atoms with Gasteiger partial charge in [0.05, 0.1) is 25.3 Å². The quantitative estimate of drug-likeness (QED) is 0.297. The third-order valence-corrected chi connectivity index (χ3v) is 5.01. The molecule has 1 aromatic carbocycles. The molecule has 0 fully saturated rings. The Kier molecular flexibility index (Phi) is 10.3. The van der Waals surface area contributed by atoms with Crippen LogP contribution in [0.25, 0.3) is 0 Å². The van der Waals surface area contributed by atoms with Gasteiger partial charge in [-0.25, -0.2) is 4.99 Å². The molecule has 1 aliphatic rings. The molecule has 0 saturated carbocycles. The molecule has 1 atom stereocenters. The Hall–Kier alpha value is -2.30. The molecule has 0 aromatic heterocycles. The lowest BCUT2D eigenvalue weighted by Gasteiger charge is -2.23. The molecule has 1 heterocycles. The number of nitrogens with zero attached hydrogens (tertiary/aromatic N) is 2. The first-order valence-corrected chi connectivity index (χ1v) is 11.1. The Labute approximate surface area is 175 Å². The first-order chi connectivity index (χ1) is 14.1. The van der Waals surface area contributed by atoms with Gasteiger partial charge in [-0.3, -0.25) is 4.79 Å². The van der Waals surface area contributed by atoms with E-state index < -0.39 is 0 Å². The zero-order valence-electron chi connectivity index (χ0n) is 18.2. The minimum absolute atomic E-state index is 0.120. The van der Waals surface area contributed by atoms with E-state index in [2.05, 4.69) is 18.8 Å². The molecule has 0 saturated heterocycles. The molecular weight excluding hydrogens is 364 g/mol. The summed E-state index contributed by atoms with van der Waals surface area (Å²) in [5, 5.41) is 0. The number of benzene rings is 1. The van der Waals surface area contributed by atoms with Crippen LogP contribution in [0.2, 0.25) is 0 Å². The minimum atomic E-state index is -0.229. The van der Waals surface area contributed by atoms with Crippen molar-refractivity contribution < 1.29 is 14.3 Å². The Bertz CT molecular complexity index is 684. The first kappa shape index (κ1) is 23.0. The van der Waals surface area contributed by atoms with Crippen LogP contribution in [-0.4, -0.2) is 25.3 Å². The number of carbonyl (C=O) groups excluding carboxylic acids is 1. The molecule has 1 unspecified atom stereocenters. The normalized spacial score (nSPS) is 14.4. The number of hydrogen-bond acceptors (Lipinski definition) is 5. The Balaban J connectivity index is 1.86. The standard InChI is InChI=1S/C24H36N2O3/c1-4-6-7-8-9-10-17-28-22-14-11-13-21(18-22)26-16-15-25-23(19-26)29-24(27)20(3)12-5-2/h11,13-15,18-20H,4-10,12,16-17H2,1-3H3. The van der Waals surface area contributed by atoms with Crippen LogP contribution >= 0.6 is 0 Å². The number of ether oxygens (including phenoxy) is 2. The second kappa shape index (κ2) is 13.0. The molecule has 5 heteroatoms. The Morgan fingerprint density at radius 2 is 1.93 bits per heavy atom. The number of anilines is 1. The van der Waals surface area contributed by atoms with E-state index in [0.29, 0.717) is 12.4 Å². The Morgan fingerprint density at radius 3 is 2.72 bits per heavy atom. The second-order valence-corrected chi connectivity index (χ2v) is 7.66. The third-order valence-electron chi connectivity index (χ3n) is 5.01. The van der Waals surface area contributed by atoms with Crippen LogP contribution < -0.4 is 9.64 Å². The average molecular weight is 401 g/mol. The summed E-state index contributed by atoms with van der Waals surface area (Å²) in [6, 6.07) is 8.01. The summed E-state index contributed by atoms with van der Waals surface area (Å²) in [7, 11) is 0. The number of aliphatic imine (C=N–C) groups is 1. The minimum Gasteiger partial charge on any atom is -0.494 e.